The quantitative estimate of drug-likeness (QED) is 0.715. The lowest BCUT2D eigenvalue weighted by Gasteiger charge is -2.29. The third-order valence-corrected chi connectivity index (χ3v) is 4.36. The summed E-state index contributed by atoms with van der Waals surface area (Å²) in [4.78, 5) is 19.5. The van der Waals surface area contributed by atoms with E-state index in [1.165, 1.54) is 11.0 Å². The van der Waals surface area contributed by atoms with Crippen molar-refractivity contribution in [1.82, 2.24) is 30.5 Å². The monoisotopic (exact) mass is 365 g/mol. The summed E-state index contributed by atoms with van der Waals surface area (Å²) in [6.45, 7) is 3.33. The number of nitrogens with zero attached hydrogens (tertiary/aromatic N) is 6. The van der Waals surface area contributed by atoms with Gasteiger partial charge in [0.25, 0.3) is 5.91 Å². The van der Waals surface area contributed by atoms with Crippen LogP contribution in [0.1, 0.15) is 15.9 Å². The molecule has 27 heavy (non-hydrogen) atoms. The van der Waals surface area contributed by atoms with E-state index in [4.69, 9.17) is 4.74 Å². The first-order valence-corrected chi connectivity index (χ1v) is 8.70. The van der Waals surface area contributed by atoms with Gasteiger partial charge in [-0.05, 0) is 28.6 Å². The topological polar surface area (TPSA) is 98.1 Å². The maximum Gasteiger partial charge on any atom is 0.253 e. The molecule has 0 bridgehead atoms. The van der Waals surface area contributed by atoms with E-state index in [2.05, 4.69) is 30.7 Å². The van der Waals surface area contributed by atoms with Crippen LogP contribution >= 0.6 is 0 Å². The predicted molar refractivity (Wildman–Crippen MR) is 97.6 cm³/mol. The first-order chi connectivity index (χ1) is 13.3. The summed E-state index contributed by atoms with van der Waals surface area (Å²) in [5.41, 5.74) is 2.09. The van der Waals surface area contributed by atoms with Gasteiger partial charge in [0.2, 0.25) is 0 Å². The number of para-hydroxylation sites is 1. The molecule has 0 unspecified atom stereocenters. The molecule has 138 valence electrons. The van der Waals surface area contributed by atoms with Gasteiger partial charge in [-0.3, -0.25) is 4.79 Å². The highest BCUT2D eigenvalue weighted by atomic mass is 16.5. The van der Waals surface area contributed by atoms with E-state index in [-0.39, 0.29) is 5.91 Å². The highest BCUT2D eigenvalue weighted by Gasteiger charge is 2.17. The van der Waals surface area contributed by atoms with Crippen LogP contribution in [0.4, 0.5) is 5.82 Å². The number of hydrogen-bond donors (Lipinski definition) is 1. The van der Waals surface area contributed by atoms with Crippen LogP contribution in [0.5, 0.6) is 0 Å². The zero-order valence-electron chi connectivity index (χ0n) is 14.7. The minimum absolute atomic E-state index is 0.196. The molecule has 0 spiro atoms. The highest BCUT2D eigenvalue weighted by Crippen LogP contribution is 2.19. The Balaban J connectivity index is 1.51. The van der Waals surface area contributed by atoms with Crippen molar-refractivity contribution in [1.29, 1.82) is 0 Å². The lowest BCUT2D eigenvalue weighted by molar-refractivity contribution is 0.0950. The van der Waals surface area contributed by atoms with Crippen molar-refractivity contribution in [3.63, 3.8) is 0 Å². The van der Waals surface area contributed by atoms with E-state index < -0.39 is 0 Å². The number of anilines is 1. The Labute approximate surface area is 156 Å². The molecule has 2 aromatic heterocycles. The van der Waals surface area contributed by atoms with E-state index in [1.807, 2.05) is 24.3 Å². The molecule has 3 aromatic rings. The van der Waals surface area contributed by atoms with E-state index in [0.717, 1.165) is 24.5 Å². The molecule has 1 aromatic carbocycles. The Morgan fingerprint density at radius 1 is 1.15 bits per heavy atom. The summed E-state index contributed by atoms with van der Waals surface area (Å²) in [6.07, 6.45) is 3.23. The van der Waals surface area contributed by atoms with E-state index in [1.54, 1.807) is 18.3 Å². The predicted octanol–water partition coefficient (Wildman–Crippen LogP) is 0.824. The van der Waals surface area contributed by atoms with Gasteiger partial charge in [-0.2, -0.15) is 4.68 Å². The number of rotatable bonds is 5. The van der Waals surface area contributed by atoms with Crippen LogP contribution in [-0.2, 0) is 11.3 Å². The van der Waals surface area contributed by atoms with E-state index in [9.17, 15) is 4.79 Å². The second-order valence-corrected chi connectivity index (χ2v) is 6.04. The molecular weight excluding hydrogens is 346 g/mol. The zero-order chi connectivity index (χ0) is 18.5. The number of benzene rings is 1. The summed E-state index contributed by atoms with van der Waals surface area (Å²) in [5, 5.41) is 14.1. The van der Waals surface area contributed by atoms with Crippen LogP contribution in [-0.4, -0.2) is 57.4 Å². The van der Waals surface area contributed by atoms with Crippen LogP contribution in [0.15, 0.2) is 48.9 Å². The van der Waals surface area contributed by atoms with Gasteiger partial charge in [-0.1, -0.05) is 18.2 Å². The first-order valence-electron chi connectivity index (χ1n) is 8.70. The lowest BCUT2D eigenvalue weighted by atomic mass is 10.1. The molecule has 0 radical (unpaired) electrons. The average Bonchev–Trinajstić information content (AvgIpc) is 3.28. The number of nitrogens with one attached hydrogen (secondary N) is 1. The second-order valence-electron chi connectivity index (χ2n) is 6.04. The third-order valence-electron chi connectivity index (χ3n) is 4.36. The second kappa shape index (κ2) is 7.92. The SMILES string of the molecule is O=C(NCc1cccnc1N1CCOCC1)c1ccccc1-n1cnnn1. The third kappa shape index (κ3) is 3.77. The van der Waals surface area contributed by atoms with Crippen LogP contribution in [0, 0.1) is 0 Å². The fraction of sp³-hybridized carbons (Fsp3) is 0.278. The summed E-state index contributed by atoms with van der Waals surface area (Å²) in [6, 6.07) is 11.1. The maximum absolute atomic E-state index is 12.8. The Morgan fingerprint density at radius 3 is 2.81 bits per heavy atom. The molecule has 3 heterocycles. The lowest BCUT2D eigenvalue weighted by Crippen LogP contribution is -2.37. The molecule has 1 aliphatic rings. The van der Waals surface area contributed by atoms with Gasteiger partial charge < -0.3 is 15.0 Å². The molecule has 1 saturated heterocycles. The minimum Gasteiger partial charge on any atom is -0.378 e. The van der Waals surface area contributed by atoms with Gasteiger partial charge in [-0.25, -0.2) is 4.98 Å². The largest absolute Gasteiger partial charge is 0.378 e. The number of pyridine rings is 1. The van der Waals surface area contributed by atoms with E-state index >= 15 is 0 Å². The Morgan fingerprint density at radius 2 is 2.00 bits per heavy atom. The fourth-order valence-corrected chi connectivity index (χ4v) is 3.04. The van der Waals surface area contributed by atoms with Crippen molar-refractivity contribution in [2.45, 2.75) is 6.54 Å². The molecule has 1 aliphatic heterocycles. The Kier molecular flexibility index (Phi) is 5.01. The van der Waals surface area contributed by atoms with Crippen molar-refractivity contribution < 1.29 is 9.53 Å². The van der Waals surface area contributed by atoms with Crippen molar-refractivity contribution in [3.05, 3.63) is 60.0 Å². The number of carbonyl (C=O) groups excluding carboxylic acids is 1. The molecule has 1 fully saturated rings. The van der Waals surface area contributed by atoms with Gasteiger partial charge in [-0.15, -0.1) is 5.10 Å². The number of aromatic nitrogens is 5. The number of morpholine rings is 1. The number of tetrazole rings is 1. The van der Waals surface area contributed by atoms with Gasteiger partial charge in [0.05, 0.1) is 24.5 Å². The maximum atomic E-state index is 12.8. The molecule has 1 N–H and O–H groups in total. The molecule has 9 heteroatoms. The Hall–Kier alpha value is -3.33. The van der Waals surface area contributed by atoms with Crippen molar-refractivity contribution >= 4 is 11.7 Å². The number of amides is 1. The average molecular weight is 365 g/mol. The summed E-state index contributed by atoms with van der Waals surface area (Å²) in [7, 11) is 0. The number of hydrogen-bond acceptors (Lipinski definition) is 7. The molecule has 0 aliphatic carbocycles. The van der Waals surface area contributed by atoms with Gasteiger partial charge >= 0.3 is 0 Å². The number of ether oxygens (including phenoxy) is 1. The van der Waals surface area contributed by atoms with Crippen molar-refractivity contribution in [2.75, 3.05) is 31.2 Å². The van der Waals surface area contributed by atoms with Crippen molar-refractivity contribution in [3.8, 4) is 5.69 Å². The van der Waals surface area contributed by atoms with Crippen LogP contribution in [0.2, 0.25) is 0 Å². The highest BCUT2D eigenvalue weighted by molar-refractivity contribution is 5.97. The molecule has 9 nitrogen and oxygen atoms in total. The molecule has 0 atom stereocenters. The fourth-order valence-electron chi connectivity index (χ4n) is 3.04. The normalized spacial score (nSPS) is 14.1. The van der Waals surface area contributed by atoms with Crippen LogP contribution < -0.4 is 10.2 Å². The Bertz CT molecular complexity index is 908. The van der Waals surface area contributed by atoms with Gasteiger partial charge in [0.1, 0.15) is 12.1 Å². The van der Waals surface area contributed by atoms with Crippen LogP contribution in [0.3, 0.4) is 0 Å². The standard InChI is InChI=1S/C18H19N7O2/c26-18(15-5-1-2-6-16(15)25-13-21-22-23-25)20-12-14-4-3-7-19-17(14)24-8-10-27-11-9-24/h1-7,13H,8-12H2,(H,20,26). The number of carbonyl (C=O) groups is 1. The van der Waals surface area contributed by atoms with Crippen LogP contribution in [0.25, 0.3) is 5.69 Å². The smallest absolute Gasteiger partial charge is 0.253 e. The van der Waals surface area contributed by atoms with Gasteiger partial charge in [0.15, 0.2) is 0 Å². The molecule has 1 amide bonds. The minimum atomic E-state index is -0.196. The van der Waals surface area contributed by atoms with Crippen molar-refractivity contribution in [2.24, 2.45) is 0 Å². The summed E-state index contributed by atoms with van der Waals surface area (Å²) < 4.78 is 6.88. The summed E-state index contributed by atoms with van der Waals surface area (Å²) >= 11 is 0. The molecule has 0 saturated carbocycles. The van der Waals surface area contributed by atoms with E-state index in [0.29, 0.717) is 31.0 Å². The van der Waals surface area contributed by atoms with Gasteiger partial charge in [0, 0.05) is 31.4 Å². The molecule has 4 rings (SSSR count). The zero-order valence-corrected chi connectivity index (χ0v) is 14.7. The molecular formula is C18H19N7O2. The first kappa shape index (κ1) is 17.1. The summed E-state index contributed by atoms with van der Waals surface area (Å²) in [5.74, 6) is 0.688.